The van der Waals surface area contributed by atoms with Crippen LogP contribution in [-0.4, -0.2) is 227 Å². The van der Waals surface area contributed by atoms with E-state index in [1.54, 1.807) is 0 Å². The third kappa shape index (κ3) is 10.2. The van der Waals surface area contributed by atoms with E-state index in [0.717, 1.165) is 32.1 Å². The molecule has 22 nitrogen and oxygen atoms in total. The van der Waals surface area contributed by atoms with E-state index in [1.165, 1.54) is 19.4 Å². The Morgan fingerprint density at radius 2 is 1.23 bits per heavy atom. The van der Waals surface area contributed by atoms with Gasteiger partial charge in [-0.2, -0.15) is 0 Å². The van der Waals surface area contributed by atoms with Crippen molar-refractivity contribution in [1.82, 2.24) is 0 Å². The second-order valence-corrected chi connectivity index (χ2v) is 23.8. The van der Waals surface area contributed by atoms with Gasteiger partial charge < -0.3 is 109 Å². The van der Waals surface area contributed by atoms with Gasteiger partial charge in [-0.25, -0.2) is 0 Å². The Hall–Kier alpha value is -1.14. The molecule has 0 aromatic carbocycles. The number of aliphatic hydroxyl groups excluding tert-OH is 12. The van der Waals surface area contributed by atoms with E-state index in [2.05, 4.69) is 26.8 Å². The first-order chi connectivity index (χ1) is 34.5. The molecule has 0 aromatic heterocycles. The first kappa shape index (κ1) is 56.6. The van der Waals surface area contributed by atoms with Crippen LogP contribution in [0.15, 0.2) is 11.6 Å². The number of hydrogen-bond donors (Lipinski definition) is 13. The Morgan fingerprint density at radius 3 is 1.86 bits per heavy atom. The molecule has 5 saturated heterocycles. The molecule has 4 aliphatic carbocycles. The van der Waals surface area contributed by atoms with Crippen LogP contribution in [0.2, 0.25) is 0 Å². The van der Waals surface area contributed by atoms with Gasteiger partial charge in [0, 0.05) is 12.3 Å². The van der Waals surface area contributed by atoms with Gasteiger partial charge in [0.15, 0.2) is 30.9 Å². The maximum Gasteiger partial charge on any atom is 0.187 e. The summed E-state index contributed by atoms with van der Waals surface area (Å²) in [6.45, 7) is 10.7. The van der Waals surface area contributed by atoms with Crippen molar-refractivity contribution >= 4 is 0 Å². The summed E-state index contributed by atoms with van der Waals surface area (Å²) in [4.78, 5) is 0. The molecule has 0 amide bonds. The second kappa shape index (κ2) is 21.8. The van der Waals surface area contributed by atoms with Crippen LogP contribution < -0.4 is 0 Å². The molecule has 0 bridgehead atoms. The summed E-state index contributed by atoms with van der Waals surface area (Å²) in [5, 5.41) is 139. The van der Waals surface area contributed by atoms with Crippen molar-refractivity contribution in [3.8, 4) is 0 Å². The van der Waals surface area contributed by atoms with Crippen molar-refractivity contribution in [3.63, 3.8) is 0 Å². The zero-order valence-corrected chi connectivity index (χ0v) is 42.7. The van der Waals surface area contributed by atoms with Crippen LogP contribution >= 0.6 is 0 Å². The smallest absolute Gasteiger partial charge is 0.187 e. The van der Waals surface area contributed by atoms with Crippen LogP contribution in [0, 0.1) is 46.3 Å². The van der Waals surface area contributed by atoms with Crippen LogP contribution in [0.5, 0.6) is 0 Å². The number of hydrogen-bond acceptors (Lipinski definition) is 22. The van der Waals surface area contributed by atoms with Gasteiger partial charge >= 0.3 is 0 Å². The molecule has 3 saturated carbocycles. The summed E-state index contributed by atoms with van der Waals surface area (Å²) in [5.74, 6) is -0.232. The van der Waals surface area contributed by atoms with Gasteiger partial charge in [-0.1, -0.05) is 39.3 Å². The highest BCUT2D eigenvalue weighted by Crippen LogP contribution is 2.70. The van der Waals surface area contributed by atoms with E-state index in [4.69, 9.17) is 42.6 Å². The number of fused-ring (bicyclic) bond motifs is 7. The maximum absolute atomic E-state index is 12.1. The zero-order valence-electron chi connectivity index (χ0n) is 42.7. The Balaban J connectivity index is 0.846. The van der Waals surface area contributed by atoms with E-state index in [9.17, 15) is 66.4 Å². The van der Waals surface area contributed by atoms with Crippen molar-refractivity contribution in [1.29, 1.82) is 0 Å². The van der Waals surface area contributed by atoms with Gasteiger partial charge in [0.25, 0.3) is 0 Å². The Bertz CT molecular complexity index is 1900. The van der Waals surface area contributed by atoms with E-state index >= 15 is 0 Å². The Labute approximate surface area is 426 Å². The minimum atomic E-state index is -1.75. The van der Waals surface area contributed by atoms with E-state index in [-0.39, 0.29) is 41.3 Å². The quantitative estimate of drug-likeness (QED) is 0.0839. The van der Waals surface area contributed by atoms with E-state index < -0.39 is 148 Å². The molecule has 8 fully saturated rings. The number of aliphatic hydroxyl groups is 13. The molecule has 13 N–H and O–H groups in total. The summed E-state index contributed by atoms with van der Waals surface area (Å²) < 4.78 is 54.6. The summed E-state index contributed by atoms with van der Waals surface area (Å²) in [7, 11) is 0. The van der Waals surface area contributed by atoms with Crippen LogP contribution in [0.4, 0.5) is 0 Å². The molecule has 73 heavy (non-hydrogen) atoms. The van der Waals surface area contributed by atoms with Crippen LogP contribution in [0.25, 0.3) is 0 Å². The summed E-state index contributed by atoms with van der Waals surface area (Å²) in [5.41, 5.74) is 1.07. The molecular formula is C51H84O22. The Morgan fingerprint density at radius 1 is 0.644 bits per heavy atom. The number of rotatable bonds is 14. The average molecular weight is 1050 g/mol. The minimum Gasteiger partial charge on any atom is -0.394 e. The predicted molar refractivity (Wildman–Crippen MR) is 249 cm³/mol. The molecule has 9 rings (SSSR count). The van der Waals surface area contributed by atoms with Gasteiger partial charge in [-0.15, -0.1) is 0 Å². The first-order valence-corrected chi connectivity index (χ1v) is 26.8. The topological polar surface area (TPSA) is 346 Å². The molecule has 9 aliphatic rings. The predicted octanol–water partition coefficient (Wildman–Crippen LogP) is -1.98. The van der Waals surface area contributed by atoms with Crippen molar-refractivity contribution in [2.75, 3.05) is 19.8 Å². The standard InChI is InChI=1S/C51H84O22/c1-20(19-65-45-39(60)38(59)35(56)30(17-52)69-45)9-14-51(64)21(2)32-29(73-51)16-28-26-8-7-24-15-25(10-12-49(24,5)27(26)11-13-50(28,32)6)68-48-44(72-47-41(62)37(58)34(55)23(4)67-47)42(63)43(31(18-53)70-48)71-46-40(61)36(57)33(54)22(3)66-46/h7,20-23,25-48,52-64H,8-19H2,1-6H3/t20-,21+,22-,23-,25+,26-,27+,28+,29+,30-,31-,32+,33-,34-,35-,36+,37+,38+,39-,40+,41+,42+,43-,44-,45-,46-,47-,48-,49+,50+,51-/m1/s1. The largest absolute Gasteiger partial charge is 0.394 e. The lowest BCUT2D eigenvalue weighted by molar-refractivity contribution is -0.388. The van der Waals surface area contributed by atoms with E-state index in [0.29, 0.717) is 43.4 Å². The molecule has 22 heteroatoms. The maximum atomic E-state index is 12.1. The molecule has 0 aromatic rings. The van der Waals surface area contributed by atoms with Crippen LogP contribution in [0.1, 0.15) is 99.3 Å². The summed E-state index contributed by atoms with van der Waals surface area (Å²) in [6, 6.07) is 0. The number of allylic oxidation sites excluding steroid dienone is 1. The number of ether oxygens (including phenoxy) is 9. The highest BCUT2D eigenvalue weighted by Gasteiger charge is 2.68. The lowest BCUT2D eigenvalue weighted by atomic mass is 9.47. The van der Waals surface area contributed by atoms with Crippen LogP contribution in [-0.2, 0) is 42.6 Å². The van der Waals surface area contributed by atoms with Gasteiger partial charge in [0.2, 0.25) is 0 Å². The molecule has 5 aliphatic heterocycles. The van der Waals surface area contributed by atoms with Gasteiger partial charge in [0.1, 0.15) is 85.5 Å². The van der Waals surface area contributed by atoms with Gasteiger partial charge in [-0.3, -0.25) is 0 Å². The normalized spacial score (nSPS) is 55.5. The molecule has 0 unspecified atom stereocenters. The molecule has 420 valence electrons. The lowest BCUT2D eigenvalue weighted by Crippen LogP contribution is -2.66. The molecule has 0 spiro atoms. The third-order valence-corrected chi connectivity index (χ3v) is 19.5. The zero-order chi connectivity index (χ0) is 52.8. The average Bonchev–Trinajstić information content (AvgIpc) is 3.80. The van der Waals surface area contributed by atoms with Crippen molar-refractivity contribution in [2.24, 2.45) is 46.3 Å². The van der Waals surface area contributed by atoms with Gasteiger partial charge in [0.05, 0.1) is 44.2 Å². The monoisotopic (exact) mass is 1050 g/mol. The highest BCUT2D eigenvalue weighted by atomic mass is 16.8. The van der Waals surface area contributed by atoms with Crippen LogP contribution in [0.3, 0.4) is 0 Å². The molecular weight excluding hydrogens is 965 g/mol. The second-order valence-electron chi connectivity index (χ2n) is 23.8. The van der Waals surface area contributed by atoms with Crippen molar-refractivity contribution in [2.45, 2.75) is 240 Å². The minimum absolute atomic E-state index is 0.0589. The Kier molecular flexibility index (Phi) is 16.9. The van der Waals surface area contributed by atoms with E-state index in [1.807, 2.05) is 6.92 Å². The fourth-order valence-corrected chi connectivity index (χ4v) is 14.9. The van der Waals surface area contributed by atoms with Gasteiger partial charge in [-0.05, 0) is 106 Å². The first-order valence-electron chi connectivity index (χ1n) is 26.8. The summed E-state index contributed by atoms with van der Waals surface area (Å²) >= 11 is 0. The van der Waals surface area contributed by atoms with Crippen molar-refractivity contribution < 1.29 is 109 Å². The summed E-state index contributed by atoms with van der Waals surface area (Å²) in [6.07, 6.45) is -20.5. The van der Waals surface area contributed by atoms with Crippen molar-refractivity contribution in [3.05, 3.63) is 11.6 Å². The molecule has 0 radical (unpaired) electrons. The molecule has 31 atom stereocenters. The highest BCUT2D eigenvalue weighted by molar-refractivity contribution is 5.26. The fraction of sp³-hybridized carbons (Fsp3) is 0.961. The molecule has 5 heterocycles. The lowest BCUT2D eigenvalue weighted by Gasteiger charge is -2.58. The SMILES string of the molecule is C[C@H](CC[C@@]1(O)O[C@H]2C[C@H]3[C@@H]4CC=C5C[C@@H](O[C@@H]6O[C@H](CO)[C@@H](O[C@H]7O[C@H](C)[C@@H](O)[C@H](O)[C@@H]7O)[C@H](O)[C@H]6O[C@H]6O[C@H](C)[C@@H](O)[C@H](O)[C@@H]6O)CC[C@]5(C)[C@H]4CC[C@]3(C)[C@H]2[C@@H]1C)CO[C@@H]1O[C@H](CO)[C@@H](O)[C@H](O)[C@H]1O. The third-order valence-electron chi connectivity index (χ3n) is 19.5. The fourth-order valence-electron chi connectivity index (χ4n) is 14.9.